The molecule has 0 spiro atoms. The van der Waals surface area contributed by atoms with E-state index in [4.69, 9.17) is 14.4 Å². The van der Waals surface area contributed by atoms with Gasteiger partial charge in [-0.25, -0.2) is 9.97 Å². The fourth-order valence-electron chi connectivity index (χ4n) is 9.27. The van der Waals surface area contributed by atoms with E-state index < -0.39 is 0 Å². The van der Waals surface area contributed by atoms with Crippen LogP contribution < -0.4 is 0 Å². The van der Waals surface area contributed by atoms with Crippen LogP contribution in [-0.2, 0) is 0 Å². The van der Waals surface area contributed by atoms with E-state index >= 15 is 0 Å². The molecule has 0 saturated carbocycles. The number of hydrogen-bond donors (Lipinski definition) is 0. The van der Waals surface area contributed by atoms with Crippen LogP contribution in [0.15, 0.2) is 192 Å². The molecule has 0 unspecified atom stereocenters. The van der Waals surface area contributed by atoms with Gasteiger partial charge in [-0.3, -0.25) is 0 Å². The van der Waals surface area contributed by atoms with Crippen LogP contribution >= 0.6 is 0 Å². The van der Waals surface area contributed by atoms with Crippen LogP contribution in [0.1, 0.15) is 5.56 Å². The third-order valence-electron chi connectivity index (χ3n) is 11.9. The molecular weight excluding hydrogens is 719 g/mol. The van der Waals surface area contributed by atoms with E-state index in [1.54, 1.807) is 0 Å². The third kappa shape index (κ3) is 5.09. The highest BCUT2D eigenvalue weighted by Gasteiger charge is 2.26. The first-order chi connectivity index (χ1) is 29.2. The van der Waals surface area contributed by atoms with E-state index in [2.05, 4.69) is 140 Å². The molecule has 0 radical (unpaired) electrons. The highest BCUT2D eigenvalue weighted by Crippen LogP contribution is 2.52. The number of para-hydroxylation sites is 1. The Bertz CT molecular complexity index is 3530. The average Bonchev–Trinajstić information content (AvgIpc) is 3.86. The molecule has 2 aromatic heterocycles. The molecule has 1 aliphatic rings. The topological polar surface area (TPSA) is 62.7 Å². The minimum atomic E-state index is 0.644. The Morgan fingerprint density at radius 3 is 1.64 bits per heavy atom. The monoisotopic (exact) mass is 749 g/mol. The summed E-state index contributed by atoms with van der Waals surface area (Å²) in [7, 11) is 0. The number of furan rings is 1. The minimum absolute atomic E-state index is 0.644. The lowest BCUT2D eigenvalue weighted by atomic mass is 9.86. The molecule has 0 N–H and O–H groups in total. The highest BCUT2D eigenvalue weighted by atomic mass is 16.3. The van der Waals surface area contributed by atoms with Crippen molar-refractivity contribution in [3.8, 4) is 84.5 Å². The van der Waals surface area contributed by atoms with E-state index in [0.29, 0.717) is 11.4 Å². The number of fused-ring (bicyclic) bond motifs is 7. The van der Waals surface area contributed by atoms with Crippen LogP contribution in [0.2, 0.25) is 0 Å². The molecule has 0 saturated heterocycles. The molecular formula is C55H31N3O. The Morgan fingerprint density at radius 1 is 0.356 bits per heavy atom. The zero-order valence-corrected chi connectivity index (χ0v) is 31.6. The van der Waals surface area contributed by atoms with E-state index in [0.717, 1.165) is 83.0 Å². The minimum Gasteiger partial charge on any atom is -0.456 e. The van der Waals surface area contributed by atoms with Crippen molar-refractivity contribution in [1.29, 1.82) is 5.26 Å². The van der Waals surface area contributed by atoms with Crippen molar-refractivity contribution in [3.05, 3.63) is 194 Å². The molecule has 59 heavy (non-hydrogen) atoms. The van der Waals surface area contributed by atoms with Gasteiger partial charge in [-0.2, -0.15) is 5.26 Å². The lowest BCUT2D eigenvalue weighted by Gasteiger charge is -2.18. The number of hydrogen-bond acceptors (Lipinski definition) is 4. The van der Waals surface area contributed by atoms with E-state index in [-0.39, 0.29) is 0 Å². The van der Waals surface area contributed by atoms with Crippen LogP contribution in [0.3, 0.4) is 0 Å². The van der Waals surface area contributed by atoms with E-state index in [9.17, 15) is 5.26 Å². The predicted octanol–water partition coefficient (Wildman–Crippen LogP) is 14.5. The molecule has 4 heteroatoms. The zero-order valence-electron chi connectivity index (χ0n) is 31.6. The lowest BCUT2D eigenvalue weighted by Crippen LogP contribution is -1.97. The second-order valence-electron chi connectivity index (χ2n) is 15.1. The molecule has 0 fully saturated rings. The van der Waals surface area contributed by atoms with Crippen molar-refractivity contribution in [1.82, 2.24) is 9.97 Å². The van der Waals surface area contributed by atoms with Gasteiger partial charge in [-0.15, -0.1) is 0 Å². The molecule has 1 aliphatic carbocycles. The highest BCUT2D eigenvalue weighted by molar-refractivity contribution is 6.24. The maximum Gasteiger partial charge on any atom is 0.161 e. The fourth-order valence-corrected chi connectivity index (χ4v) is 9.27. The largest absolute Gasteiger partial charge is 0.456 e. The summed E-state index contributed by atoms with van der Waals surface area (Å²) in [5.74, 6) is 0.656. The van der Waals surface area contributed by atoms with Gasteiger partial charge in [0.2, 0.25) is 0 Å². The maximum atomic E-state index is 9.60. The van der Waals surface area contributed by atoms with E-state index in [1.165, 1.54) is 33.0 Å². The molecule has 0 aliphatic heterocycles. The number of aromatic nitrogens is 2. The first kappa shape index (κ1) is 33.1. The van der Waals surface area contributed by atoms with Gasteiger partial charge in [-0.05, 0) is 102 Å². The Labute approximate surface area is 339 Å². The molecule has 4 nitrogen and oxygen atoms in total. The van der Waals surface area contributed by atoms with Crippen LogP contribution in [0, 0.1) is 11.3 Å². The second kappa shape index (κ2) is 13.0. The summed E-state index contributed by atoms with van der Waals surface area (Å²) in [6, 6.07) is 67.9. The summed E-state index contributed by atoms with van der Waals surface area (Å²) in [5, 5.41) is 16.3. The molecule has 11 aromatic rings. The summed E-state index contributed by atoms with van der Waals surface area (Å²) < 4.78 is 6.32. The first-order valence-electron chi connectivity index (χ1n) is 19.8. The van der Waals surface area contributed by atoms with Gasteiger partial charge in [0.15, 0.2) is 5.82 Å². The van der Waals surface area contributed by atoms with E-state index in [1.807, 2.05) is 54.6 Å². The van der Waals surface area contributed by atoms with Crippen molar-refractivity contribution in [3.63, 3.8) is 0 Å². The molecule has 9 aromatic carbocycles. The van der Waals surface area contributed by atoms with Gasteiger partial charge in [0.1, 0.15) is 11.2 Å². The molecule has 12 rings (SSSR count). The van der Waals surface area contributed by atoms with Crippen LogP contribution in [0.4, 0.5) is 0 Å². The van der Waals surface area contributed by atoms with Crippen molar-refractivity contribution in [2.75, 3.05) is 0 Å². The van der Waals surface area contributed by atoms with Gasteiger partial charge in [0.05, 0.1) is 23.0 Å². The molecule has 0 amide bonds. The smallest absolute Gasteiger partial charge is 0.161 e. The van der Waals surface area contributed by atoms with Crippen LogP contribution in [0.5, 0.6) is 0 Å². The number of rotatable bonds is 5. The molecule has 0 bridgehead atoms. The van der Waals surface area contributed by atoms with Gasteiger partial charge in [0, 0.05) is 27.5 Å². The fraction of sp³-hybridized carbons (Fsp3) is 0. The first-order valence-corrected chi connectivity index (χ1v) is 19.8. The van der Waals surface area contributed by atoms with Crippen LogP contribution in [-0.4, -0.2) is 9.97 Å². The molecule has 2 heterocycles. The van der Waals surface area contributed by atoms with Crippen molar-refractivity contribution in [2.45, 2.75) is 0 Å². The lowest BCUT2D eigenvalue weighted by molar-refractivity contribution is 0.669. The number of nitrogens with zero attached hydrogens (tertiary/aromatic N) is 3. The summed E-state index contributed by atoms with van der Waals surface area (Å²) in [5.41, 5.74) is 16.5. The summed E-state index contributed by atoms with van der Waals surface area (Å²) >= 11 is 0. The third-order valence-corrected chi connectivity index (χ3v) is 11.9. The SMILES string of the molecule is N#Cc1ccc(-c2ccc3c4c(ccc(-c5ccc(-c6nc(-c7ccccc7)cc(-c7cccc8oc9ccccc9c78)n6)c6ccccc56)c24)-c2ccccc2-3)cc1. The average molecular weight is 750 g/mol. The quantitative estimate of drug-likeness (QED) is 0.176. The number of benzene rings is 9. The standard InChI is InChI=1S/C55H31N3O/c56-32-33-21-23-34(24-22-33)36-25-27-42-38-14-5-6-15-39(38)43-28-29-44(53(36)54(42)43)41-26-30-45(40-16-7-4-13-37(40)41)55-57-48(35-11-2-1-3-12-35)31-49(58-55)46-18-10-20-51-52(46)47-17-8-9-19-50(47)59-51/h1-31H. The van der Waals surface area contributed by atoms with Gasteiger partial charge >= 0.3 is 0 Å². The zero-order chi connectivity index (χ0) is 39.0. The Morgan fingerprint density at radius 2 is 0.898 bits per heavy atom. The Kier molecular flexibility index (Phi) is 7.26. The predicted molar refractivity (Wildman–Crippen MR) is 241 cm³/mol. The van der Waals surface area contributed by atoms with Gasteiger partial charge in [0.25, 0.3) is 0 Å². The molecule has 0 atom stereocenters. The second-order valence-corrected chi connectivity index (χ2v) is 15.1. The van der Waals surface area contributed by atoms with Gasteiger partial charge < -0.3 is 4.42 Å². The summed E-state index contributed by atoms with van der Waals surface area (Å²) in [6.07, 6.45) is 0. The van der Waals surface area contributed by atoms with Crippen molar-refractivity contribution < 1.29 is 4.42 Å². The summed E-state index contributed by atoms with van der Waals surface area (Å²) in [4.78, 5) is 10.7. The summed E-state index contributed by atoms with van der Waals surface area (Å²) in [6.45, 7) is 0. The van der Waals surface area contributed by atoms with Gasteiger partial charge in [-0.1, -0.05) is 152 Å². The maximum absolute atomic E-state index is 9.60. The normalized spacial score (nSPS) is 11.7. The van der Waals surface area contributed by atoms with Crippen LogP contribution in [0.25, 0.3) is 122 Å². The Balaban J connectivity index is 1.11. The van der Waals surface area contributed by atoms with Crippen molar-refractivity contribution in [2.24, 2.45) is 0 Å². The Hall–Kier alpha value is -8.13. The van der Waals surface area contributed by atoms with Crippen molar-refractivity contribution >= 4 is 43.5 Å². The molecule has 272 valence electrons. The number of nitriles is 1.